The fraction of sp³-hybridized carbons (Fsp3) is 0.261. The van der Waals surface area contributed by atoms with E-state index >= 15 is 0 Å². The zero-order valence-corrected chi connectivity index (χ0v) is 16.5. The molecule has 0 spiro atoms. The van der Waals surface area contributed by atoms with Crippen LogP contribution in [0.2, 0.25) is 0 Å². The van der Waals surface area contributed by atoms with E-state index in [0.29, 0.717) is 0 Å². The van der Waals surface area contributed by atoms with Crippen molar-refractivity contribution in [2.75, 3.05) is 0 Å². The highest BCUT2D eigenvalue weighted by molar-refractivity contribution is 6.63. The molecule has 140 valence electrons. The summed E-state index contributed by atoms with van der Waals surface area (Å²) >= 11 is 0. The van der Waals surface area contributed by atoms with Gasteiger partial charge in [-0.2, -0.15) is 0 Å². The number of nitrogens with zero attached hydrogens (tertiary/aromatic N) is 1. The van der Waals surface area contributed by atoms with E-state index in [4.69, 9.17) is 13.7 Å². The maximum absolute atomic E-state index is 6.29. The molecule has 1 aliphatic heterocycles. The van der Waals surface area contributed by atoms with Crippen LogP contribution in [0.3, 0.4) is 0 Å². The lowest BCUT2D eigenvalue weighted by Gasteiger charge is -2.32. The van der Waals surface area contributed by atoms with Gasteiger partial charge in [0.15, 0.2) is 0 Å². The molecule has 1 aliphatic rings. The van der Waals surface area contributed by atoms with Gasteiger partial charge in [0, 0.05) is 22.5 Å². The van der Waals surface area contributed by atoms with E-state index in [2.05, 4.69) is 50.9 Å². The average molecular weight is 371 g/mol. The molecule has 28 heavy (non-hydrogen) atoms. The number of aromatic nitrogens is 1. The van der Waals surface area contributed by atoms with Gasteiger partial charge < -0.3 is 13.7 Å². The van der Waals surface area contributed by atoms with Crippen LogP contribution in [0.5, 0.6) is 0 Å². The van der Waals surface area contributed by atoms with Crippen molar-refractivity contribution >= 4 is 34.7 Å². The van der Waals surface area contributed by atoms with Crippen LogP contribution in [-0.2, 0) is 9.31 Å². The lowest BCUT2D eigenvalue weighted by Crippen LogP contribution is -2.41. The Bertz CT molecular complexity index is 1180. The second-order valence-electron chi connectivity index (χ2n) is 8.30. The van der Waals surface area contributed by atoms with Crippen LogP contribution < -0.4 is 5.59 Å². The Morgan fingerprint density at radius 1 is 0.750 bits per heavy atom. The molecule has 2 aromatic heterocycles. The fourth-order valence-electron chi connectivity index (χ4n) is 3.79. The summed E-state index contributed by atoms with van der Waals surface area (Å²) in [6.07, 6.45) is 1.79. The lowest BCUT2D eigenvalue weighted by atomic mass is 9.78. The number of hydrogen-bond donors (Lipinski definition) is 0. The van der Waals surface area contributed by atoms with Crippen LogP contribution in [0.4, 0.5) is 0 Å². The molecule has 1 fully saturated rings. The average Bonchev–Trinajstić information content (AvgIpc) is 3.15. The minimum atomic E-state index is -0.519. The monoisotopic (exact) mass is 371 g/mol. The van der Waals surface area contributed by atoms with Crippen LogP contribution >= 0.6 is 0 Å². The van der Waals surface area contributed by atoms with Crippen LogP contribution in [0.15, 0.2) is 65.2 Å². The molecule has 2 aromatic carbocycles. The highest BCUT2D eigenvalue weighted by Gasteiger charge is 2.53. The molecule has 1 saturated heterocycles. The molecule has 3 heterocycles. The van der Waals surface area contributed by atoms with Crippen LogP contribution in [0.1, 0.15) is 27.7 Å². The molecule has 5 rings (SSSR count). The predicted octanol–water partition coefficient (Wildman–Crippen LogP) is 4.95. The number of fused-ring (bicyclic) bond motifs is 3. The third-order valence-corrected chi connectivity index (χ3v) is 6.01. The molecule has 0 radical (unpaired) electrons. The van der Waals surface area contributed by atoms with Crippen molar-refractivity contribution in [2.24, 2.45) is 0 Å². The first-order valence-electron chi connectivity index (χ1n) is 9.59. The Balaban J connectivity index is 1.73. The van der Waals surface area contributed by atoms with Gasteiger partial charge in [-0.15, -0.1) is 0 Å². The molecule has 5 heteroatoms. The van der Waals surface area contributed by atoms with Gasteiger partial charge in [-0.3, -0.25) is 4.98 Å². The molecule has 0 aliphatic carbocycles. The molecule has 0 bridgehead atoms. The van der Waals surface area contributed by atoms with Crippen molar-refractivity contribution in [3.05, 3.63) is 60.8 Å². The smallest absolute Gasteiger partial charge is 0.456 e. The van der Waals surface area contributed by atoms with Crippen molar-refractivity contribution in [1.82, 2.24) is 4.98 Å². The van der Waals surface area contributed by atoms with Crippen molar-refractivity contribution in [3.8, 4) is 11.1 Å². The Morgan fingerprint density at radius 2 is 1.43 bits per heavy atom. The summed E-state index contributed by atoms with van der Waals surface area (Å²) < 4.78 is 18.6. The van der Waals surface area contributed by atoms with Crippen molar-refractivity contribution in [3.63, 3.8) is 0 Å². The van der Waals surface area contributed by atoms with Crippen LogP contribution in [0.25, 0.3) is 33.1 Å². The van der Waals surface area contributed by atoms with E-state index in [9.17, 15) is 0 Å². The van der Waals surface area contributed by atoms with E-state index in [0.717, 1.165) is 38.7 Å². The van der Waals surface area contributed by atoms with Crippen molar-refractivity contribution < 1.29 is 13.7 Å². The third kappa shape index (κ3) is 2.50. The Hall–Kier alpha value is -2.63. The van der Waals surface area contributed by atoms with Gasteiger partial charge in [-0.25, -0.2) is 0 Å². The highest BCUT2D eigenvalue weighted by Crippen LogP contribution is 2.39. The second-order valence-corrected chi connectivity index (χ2v) is 8.30. The molecule has 4 nitrogen and oxygen atoms in total. The maximum Gasteiger partial charge on any atom is 0.515 e. The molecule has 0 saturated carbocycles. The molecule has 0 unspecified atom stereocenters. The minimum Gasteiger partial charge on any atom is -0.456 e. The second kappa shape index (κ2) is 5.93. The van der Waals surface area contributed by atoms with E-state index in [1.165, 1.54) is 0 Å². The van der Waals surface area contributed by atoms with Gasteiger partial charge in [0.25, 0.3) is 0 Å². The first-order chi connectivity index (χ1) is 13.4. The first kappa shape index (κ1) is 17.5. The van der Waals surface area contributed by atoms with E-state index < -0.39 is 18.3 Å². The number of benzene rings is 2. The molecular formula is C23H22BNO3. The summed E-state index contributed by atoms with van der Waals surface area (Å²) in [5.74, 6) is 0. The number of furan rings is 1. The zero-order chi connectivity index (χ0) is 19.5. The van der Waals surface area contributed by atoms with Crippen molar-refractivity contribution in [2.45, 2.75) is 38.9 Å². The highest BCUT2D eigenvalue weighted by atomic mass is 16.7. The molecular weight excluding hydrogens is 349 g/mol. The van der Waals surface area contributed by atoms with Gasteiger partial charge >= 0.3 is 7.12 Å². The number of pyridine rings is 1. The summed E-state index contributed by atoms with van der Waals surface area (Å²) in [4.78, 5) is 4.66. The van der Waals surface area contributed by atoms with Gasteiger partial charge in [0.2, 0.25) is 0 Å². The Morgan fingerprint density at radius 3 is 2.21 bits per heavy atom. The molecule has 0 N–H and O–H groups in total. The predicted molar refractivity (Wildman–Crippen MR) is 113 cm³/mol. The van der Waals surface area contributed by atoms with E-state index in [1.54, 1.807) is 6.20 Å². The number of hydrogen-bond acceptors (Lipinski definition) is 4. The van der Waals surface area contributed by atoms with Gasteiger partial charge in [-0.1, -0.05) is 36.4 Å². The molecule has 0 atom stereocenters. The van der Waals surface area contributed by atoms with E-state index in [-0.39, 0.29) is 0 Å². The maximum atomic E-state index is 6.29. The number of rotatable bonds is 2. The SMILES string of the molecule is CC1(C)OB(c2ncccc2-c2cccc3oc4ccccc4c23)OC1(C)C. The third-order valence-electron chi connectivity index (χ3n) is 6.01. The molecule has 4 aromatic rings. The molecule has 0 amide bonds. The summed E-state index contributed by atoms with van der Waals surface area (Å²) in [5, 5.41) is 2.18. The zero-order valence-electron chi connectivity index (χ0n) is 16.5. The van der Waals surface area contributed by atoms with E-state index in [1.807, 2.05) is 36.4 Å². The fourth-order valence-corrected chi connectivity index (χ4v) is 3.79. The lowest BCUT2D eigenvalue weighted by molar-refractivity contribution is 0.00578. The van der Waals surface area contributed by atoms with Crippen molar-refractivity contribution in [1.29, 1.82) is 0 Å². The van der Waals surface area contributed by atoms with Crippen LogP contribution in [-0.4, -0.2) is 23.3 Å². The largest absolute Gasteiger partial charge is 0.515 e. The van der Waals surface area contributed by atoms with Gasteiger partial charge in [0.1, 0.15) is 11.2 Å². The minimum absolute atomic E-state index is 0.416. The topological polar surface area (TPSA) is 44.5 Å². The van der Waals surface area contributed by atoms with Gasteiger partial charge in [0.05, 0.1) is 16.8 Å². The Labute approximate surface area is 164 Å². The Kier molecular flexibility index (Phi) is 3.70. The van der Waals surface area contributed by atoms with Gasteiger partial charge in [-0.05, 0) is 51.5 Å². The van der Waals surface area contributed by atoms with Crippen LogP contribution in [0, 0.1) is 0 Å². The number of para-hydroxylation sites is 1. The summed E-state index contributed by atoms with van der Waals surface area (Å²) in [6, 6.07) is 18.3. The quantitative estimate of drug-likeness (QED) is 0.468. The summed E-state index contributed by atoms with van der Waals surface area (Å²) in [7, 11) is -0.519. The first-order valence-corrected chi connectivity index (χ1v) is 9.59. The standard InChI is InChI=1S/C23H22BNO3/c1-22(2)23(3,4)28-24(27-22)21-16(11-8-14-25-21)15-10-7-13-19-20(15)17-9-5-6-12-18(17)26-19/h5-14H,1-4H3. The summed E-state index contributed by atoms with van der Waals surface area (Å²) in [5.41, 5.74) is 3.77. The summed E-state index contributed by atoms with van der Waals surface area (Å²) in [6.45, 7) is 8.22. The normalized spacial score (nSPS) is 18.2.